The molecule has 0 heteroatoms. The average molecular weight is 133 g/mol. The van der Waals surface area contributed by atoms with Crippen molar-refractivity contribution in [2.45, 2.75) is 19.8 Å². The molecule has 0 saturated carbocycles. The van der Waals surface area contributed by atoms with Crippen LogP contribution < -0.4 is 0 Å². The van der Waals surface area contributed by atoms with Crippen LogP contribution in [0.25, 0.3) is 0 Å². The van der Waals surface area contributed by atoms with E-state index < -0.39 is 0 Å². The number of hydrogen-bond acceptors (Lipinski definition) is 0. The molecular weight excluding hydrogens is 120 g/mol. The van der Waals surface area contributed by atoms with Gasteiger partial charge in [0.05, 0.1) is 0 Å². The van der Waals surface area contributed by atoms with Crippen molar-refractivity contribution in [3.05, 3.63) is 42.3 Å². The van der Waals surface area contributed by atoms with Crippen molar-refractivity contribution < 1.29 is 0 Å². The van der Waals surface area contributed by atoms with Gasteiger partial charge in [0.25, 0.3) is 0 Å². The minimum Gasteiger partial charge on any atom is -0.0651 e. The lowest BCUT2D eigenvalue weighted by molar-refractivity contribution is 0.921. The Morgan fingerprint density at radius 3 is 2.80 bits per heavy atom. The molecule has 10 heavy (non-hydrogen) atoms. The fourth-order valence-corrected chi connectivity index (χ4v) is 1.07. The van der Waals surface area contributed by atoms with E-state index >= 15 is 0 Å². The molecule has 0 aliphatic rings. The number of aryl methyl sites for hydroxylation is 1. The van der Waals surface area contributed by atoms with Crippen molar-refractivity contribution in [1.82, 2.24) is 0 Å². The molecule has 0 aromatic heterocycles. The van der Waals surface area contributed by atoms with Gasteiger partial charge < -0.3 is 0 Å². The summed E-state index contributed by atoms with van der Waals surface area (Å²) < 4.78 is 0. The van der Waals surface area contributed by atoms with Gasteiger partial charge in [0.1, 0.15) is 0 Å². The van der Waals surface area contributed by atoms with E-state index in [4.69, 9.17) is 0 Å². The zero-order chi connectivity index (χ0) is 7.40. The molecule has 0 saturated heterocycles. The summed E-state index contributed by atoms with van der Waals surface area (Å²) >= 11 is 0. The first-order chi connectivity index (χ1) is 4.83. The molecule has 0 amide bonds. The first kappa shape index (κ1) is 7.33. The second kappa shape index (κ2) is 3.40. The van der Waals surface area contributed by atoms with E-state index in [1.54, 1.807) is 0 Å². The Morgan fingerprint density at radius 1 is 1.40 bits per heavy atom. The highest BCUT2D eigenvalue weighted by atomic mass is 13.9. The van der Waals surface area contributed by atoms with Gasteiger partial charge in [-0.25, -0.2) is 0 Å². The van der Waals surface area contributed by atoms with Gasteiger partial charge in [0.15, 0.2) is 0 Å². The summed E-state index contributed by atoms with van der Waals surface area (Å²) in [6.07, 6.45) is 2.38. The van der Waals surface area contributed by atoms with Crippen LogP contribution in [0.5, 0.6) is 0 Å². The third-order valence-corrected chi connectivity index (χ3v) is 1.53. The Morgan fingerprint density at radius 2 is 2.20 bits per heavy atom. The number of hydrogen-bond donors (Lipinski definition) is 0. The highest BCUT2D eigenvalue weighted by Gasteiger charge is 1.89. The Kier molecular flexibility index (Phi) is 2.49. The molecular formula is C10H13. The number of benzene rings is 1. The van der Waals surface area contributed by atoms with Crippen molar-refractivity contribution in [2.75, 3.05) is 0 Å². The molecule has 0 unspecified atom stereocenters. The fourth-order valence-electron chi connectivity index (χ4n) is 1.07. The van der Waals surface area contributed by atoms with Crippen molar-refractivity contribution in [1.29, 1.82) is 0 Å². The van der Waals surface area contributed by atoms with E-state index in [1.807, 2.05) is 6.07 Å². The third kappa shape index (κ3) is 1.87. The molecule has 0 fully saturated rings. The lowest BCUT2D eigenvalue weighted by Crippen LogP contribution is -1.82. The predicted octanol–water partition coefficient (Wildman–Crippen LogP) is 2.82. The van der Waals surface area contributed by atoms with Gasteiger partial charge in [-0.3, -0.25) is 0 Å². The monoisotopic (exact) mass is 133 g/mol. The standard InChI is InChI=1S/C10H13/c1-3-5-10-7-4-6-9(2)8-10/h4,6-8H,2-3,5H2,1H3. The summed E-state index contributed by atoms with van der Waals surface area (Å²) in [7, 11) is 0. The lowest BCUT2D eigenvalue weighted by atomic mass is 10.1. The van der Waals surface area contributed by atoms with Crippen LogP contribution in [0.1, 0.15) is 24.5 Å². The van der Waals surface area contributed by atoms with E-state index in [0.29, 0.717) is 0 Å². The van der Waals surface area contributed by atoms with E-state index in [9.17, 15) is 0 Å². The van der Waals surface area contributed by atoms with Crippen LogP contribution in [0.15, 0.2) is 24.3 Å². The van der Waals surface area contributed by atoms with Gasteiger partial charge in [-0.05, 0) is 24.5 Å². The van der Waals surface area contributed by atoms with Crippen LogP contribution in [-0.2, 0) is 6.42 Å². The minimum absolute atomic E-state index is 1.12. The first-order valence-corrected chi connectivity index (χ1v) is 3.74. The van der Waals surface area contributed by atoms with Crippen molar-refractivity contribution in [3.8, 4) is 0 Å². The van der Waals surface area contributed by atoms with E-state index in [0.717, 1.165) is 5.56 Å². The van der Waals surface area contributed by atoms with Gasteiger partial charge in [-0.15, -0.1) is 0 Å². The smallest absolute Gasteiger partial charge is 0.0238 e. The highest BCUT2D eigenvalue weighted by Crippen LogP contribution is 2.05. The molecule has 1 aromatic rings. The Balaban J connectivity index is 2.75. The van der Waals surface area contributed by atoms with Crippen LogP contribution in [0.3, 0.4) is 0 Å². The summed E-state index contributed by atoms with van der Waals surface area (Å²) in [4.78, 5) is 0. The number of rotatable bonds is 2. The van der Waals surface area contributed by atoms with Crippen LogP contribution in [-0.4, -0.2) is 0 Å². The quantitative estimate of drug-likeness (QED) is 0.582. The molecule has 1 aromatic carbocycles. The highest BCUT2D eigenvalue weighted by molar-refractivity contribution is 5.25. The first-order valence-electron chi connectivity index (χ1n) is 3.74. The topological polar surface area (TPSA) is 0 Å². The van der Waals surface area contributed by atoms with Crippen molar-refractivity contribution in [3.63, 3.8) is 0 Å². The van der Waals surface area contributed by atoms with Crippen molar-refractivity contribution >= 4 is 0 Å². The molecule has 53 valence electrons. The fraction of sp³-hybridized carbons (Fsp3) is 0.300. The van der Waals surface area contributed by atoms with Crippen LogP contribution in [0.2, 0.25) is 0 Å². The molecule has 0 aliphatic carbocycles. The van der Waals surface area contributed by atoms with Crippen LogP contribution >= 0.6 is 0 Å². The molecule has 0 spiro atoms. The molecule has 0 aliphatic heterocycles. The SMILES string of the molecule is [CH2]c1cccc(CCC)c1. The third-order valence-electron chi connectivity index (χ3n) is 1.53. The summed E-state index contributed by atoms with van der Waals surface area (Å²) in [6, 6.07) is 8.38. The second-order valence-electron chi connectivity index (χ2n) is 2.57. The minimum atomic E-state index is 1.12. The molecule has 0 atom stereocenters. The maximum Gasteiger partial charge on any atom is -0.0238 e. The van der Waals surface area contributed by atoms with Crippen LogP contribution in [0.4, 0.5) is 0 Å². The second-order valence-corrected chi connectivity index (χ2v) is 2.57. The van der Waals surface area contributed by atoms with E-state index in [-0.39, 0.29) is 0 Å². The summed E-state index contributed by atoms with van der Waals surface area (Å²) in [5, 5.41) is 0. The molecule has 0 heterocycles. The van der Waals surface area contributed by atoms with Gasteiger partial charge in [-0.2, -0.15) is 0 Å². The largest absolute Gasteiger partial charge is 0.0651 e. The van der Waals surface area contributed by atoms with Gasteiger partial charge in [0.2, 0.25) is 0 Å². The van der Waals surface area contributed by atoms with Gasteiger partial charge in [-0.1, -0.05) is 37.6 Å². The average Bonchev–Trinajstić information content (AvgIpc) is 1.88. The van der Waals surface area contributed by atoms with Gasteiger partial charge in [0, 0.05) is 0 Å². The summed E-state index contributed by atoms with van der Waals surface area (Å²) in [5.74, 6) is 0. The molecule has 0 N–H and O–H groups in total. The normalized spacial score (nSPS) is 9.80. The van der Waals surface area contributed by atoms with Crippen molar-refractivity contribution in [2.24, 2.45) is 0 Å². The zero-order valence-electron chi connectivity index (χ0n) is 6.43. The maximum absolute atomic E-state index is 3.86. The summed E-state index contributed by atoms with van der Waals surface area (Å²) in [5.41, 5.74) is 2.51. The Hall–Kier alpha value is -0.780. The molecule has 0 nitrogen and oxygen atoms in total. The maximum atomic E-state index is 3.86. The Bertz CT molecular complexity index is 201. The summed E-state index contributed by atoms with van der Waals surface area (Å²) in [6.45, 7) is 6.05. The predicted molar refractivity (Wildman–Crippen MR) is 44.9 cm³/mol. The molecule has 1 rings (SSSR count). The van der Waals surface area contributed by atoms with E-state index in [2.05, 4.69) is 32.0 Å². The zero-order valence-corrected chi connectivity index (χ0v) is 6.43. The van der Waals surface area contributed by atoms with Crippen LogP contribution in [0, 0.1) is 6.92 Å². The molecule has 0 bridgehead atoms. The van der Waals surface area contributed by atoms with Gasteiger partial charge >= 0.3 is 0 Å². The van der Waals surface area contributed by atoms with E-state index in [1.165, 1.54) is 18.4 Å². The molecule has 1 radical (unpaired) electrons. The Labute approximate surface area is 62.9 Å². The lowest BCUT2D eigenvalue weighted by Gasteiger charge is -1.97.